The zero-order valence-corrected chi connectivity index (χ0v) is 18.6. The van der Waals surface area contributed by atoms with Crippen LogP contribution in [0.3, 0.4) is 0 Å². The minimum absolute atomic E-state index is 0.231. The van der Waals surface area contributed by atoms with E-state index in [0.29, 0.717) is 42.7 Å². The zero-order valence-electron chi connectivity index (χ0n) is 17.8. The van der Waals surface area contributed by atoms with Gasteiger partial charge in [0.1, 0.15) is 0 Å². The molecule has 0 saturated carbocycles. The van der Waals surface area contributed by atoms with Crippen molar-refractivity contribution in [3.05, 3.63) is 60.2 Å². The van der Waals surface area contributed by atoms with Gasteiger partial charge in [-0.2, -0.15) is 0 Å². The van der Waals surface area contributed by atoms with Gasteiger partial charge in [-0.15, -0.1) is 5.10 Å². The standard InChI is InChI=1S/C22H24N6O3S/c1-2-31-21(30)16-8-6-13-27(14-16)20(29)19-18(15-32-22-23-11-7-12-24-22)28(26-25-19)17-9-4-3-5-10-17/h3-5,7,9-12,16H,2,6,8,13-15H2,1H3. The zero-order chi connectivity index (χ0) is 22.3. The van der Waals surface area contributed by atoms with Gasteiger partial charge < -0.3 is 9.64 Å². The Kier molecular flexibility index (Phi) is 7.10. The third-order valence-corrected chi connectivity index (χ3v) is 6.06. The average Bonchev–Trinajstić information content (AvgIpc) is 3.27. The molecular formula is C22H24N6O3S. The van der Waals surface area contributed by atoms with Gasteiger partial charge in [-0.1, -0.05) is 35.2 Å². The molecule has 1 atom stereocenters. The summed E-state index contributed by atoms with van der Waals surface area (Å²) in [4.78, 5) is 35.8. The summed E-state index contributed by atoms with van der Waals surface area (Å²) in [6.07, 6.45) is 4.81. The van der Waals surface area contributed by atoms with Crippen LogP contribution in [0.2, 0.25) is 0 Å². The maximum atomic E-state index is 13.4. The molecule has 1 amide bonds. The van der Waals surface area contributed by atoms with E-state index in [4.69, 9.17) is 4.74 Å². The first-order chi connectivity index (χ1) is 15.7. The summed E-state index contributed by atoms with van der Waals surface area (Å²) in [7, 11) is 0. The Labute approximate surface area is 190 Å². The molecule has 1 aliphatic rings. The monoisotopic (exact) mass is 452 g/mol. The highest BCUT2D eigenvalue weighted by Crippen LogP contribution is 2.25. The van der Waals surface area contributed by atoms with Crippen LogP contribution in [-0.2, 0) is 15.3 Å². The fourth-order valence-corrected chi connectivity index (χ4v) is 4.43. The van der Waals surface area contributed by atoms with E-state index in [-0.39, 0.29) is 23.5 Å². The van der Waals surface area contributed by atoms with Gasteiger partial charge in [-0.3, -0.25) is 9.59 Å². The molecule has 10 heteroatoms. The van der Waals surface area contributed by atoms with E-state index < -0.39 is 0 Å². The van der Waals surface area contributed by atoms with Crippen LogP contribution in [0.25, 0.3) is 5.69 Å². The molecule has 4 rings (SSSR count). The number of likely N-dealkylation sites (tertiary alicyclic amines) is 1. The summed E-state index contributed by atoms with van der Waals surface area (Å²) in [6.45, 7) is 3.01. The molecule has 0 radical (unpaired) electrons. The largest absolute Gasteiger partial charge is 0.466 e. The number of nitrogens with zero attached hydrogens (tertiary/aromatic N) is 6. The molecular weight excluding hydrogens is 428 g/mol. The van der Waals surface area contributed by atoms with Crippen molar-refractivity contribution in [2.24, 2.45) is 5.92 Å². The maximum absolute atomic E-state index is 13.4. The predicted molar refractivity (Wildman–Crippen MR) is 118 cm³/mol. The molecule has 0 spiro atoms. The van der Waals surface area contributed by atoms with Gasteiger partial charge in [0, 0.05) is 31.2 Å². The van der Waals surface area contributed by atoms with Gasteiger partial charge >= 0.3 is 5.97 Å². The van der Waals surface area contributed by atoms with Crippen LogP contribution in [0.4, 0.5) is 0 Å². The van der Waals surface area contributed by atoms with Crippen molar-refractivity contribution in [2.75, 3.05) is 19.7 Å². The topological polar surface area (TPSA) is 103 Å². The lowest BCUT2D eigenvalue weighted by molar-refractivity contribution is -0.149. The van der Waals surface area contributed by atoms with Crippen molar-refractivity contribution in [2.45, 2.75) is 30.7 Å². The molecule has 1 aliphatic heterocycles. The number of aromatic nitrogens is 5. The van der Waals surface area contributed by atoms with Gasteiger partial charge in [0.15, 0.2) is 10.9 Å². The summed E-state index contributed by atoms with van der Waals surface area (Å²) in [5.74, 6) is -0.379. The predicted octanol–water partition coefficient (Wildman–Crippen LogP) is 2.76. The Balaban J connectivity index is 1.60. The van der Waals surface area contributed by atoms with E-state index in [9.17, 15) is 9.59 Å². The van der Waals surface area contributed by atoms with Crippen LogP contribution in [0.15, 0.2) is 53.9 Å². The third kappa shape index (κ3) is 4.96. The number of benzene rings is 1. The van der Waals surface area contributed by atoms with E-state index in [0.717, 1.165) is 12.1 Å². The lowest BCUT2D eigenvalue weighted by Crippen LogP contribution is -2.43. The first-order valence-electron chi connectivity index (χ1n) is 10.5. The Hall–Kier alpha value is -3.27. The number of hydrogen-bond acceptors (Lipinski definition) is 8. The van der Waals surface area contributed by atoms with Crippen molar-refractivity contribution in [1.29, 1.82) is 0 Å². The van der Waals surface area contributed by atoms with Crippen molar-refractivity contribution < 1.29 is 14.3 Å². The van der Waals surface area contributed by atoms with E-state index in [1.54, 1.807) is 35.0 Å². The van der Waals surface area contributed by atoms with Gasteiger partial charge in [-0.05, 0) is 38.0 Å². The minimum atomic E-state index is -0.313. The van der Waals surface area contributed by atoms with Crippen molar-refractivity contribution >= 4 is 23.6 Å². The number of hydrogen-bond donors (Lipinski definition) is 0. The second-order valence-corrected chi connectivity index (χ2v) is 8.24. The van der Waals surface area contributed by atoms with Gasteiger partial charge in [0.2, 0.25) is 0 Å². The molecule has 0 N–H and O–H groups in total. The number of rotatable bonds is 7. The molecule has 166 valence electrons. The van der Waals surface area contributed by atoms with E-state index >= 15 is 0 Å². The highest BCUT2D eigenvalue weighted by atomic mass is 32.2. The van der Waals surface area contributed by atoms with Crippen molar-refractivity contribution in [3.63, 3.8) is 0 Å². The number of carbonyl (C=O) groups is 2. The third-order valence-electron chi connectivity index (χ3n) is 5.18. The summed E-state index contributed by atoms with van der Waals surface area (Å²) >= 11 is 1.41. The molecule has 32 heavy (non-hydrogen) atoms. The van der Waals surface area contributed by atoms with Crippen LogP contribution in [0.5, 0.6) is 0 Å². The Morgan fingerprint density at radius 3 is 2.69 bits per heavy atom. The lowest BCUT2D eigenvalue weighted by atomic mass is 9.98. The molecule has 1 unspecified atom stereocenters. The maximum Gasteiger partial charge on any atom is 0.310 e. The van der Waals surface area contributed by atoms with Crippen molar-refractivity contribution in [1.82, 2.24) is 29.9 Å². The fourth-order valence-electron chi connectivity index (χ4n) is 3.63. The smallest absolute Gasteiger partial charge is 0.310 e. The number of carbonyl (C=O) groups excluding carboxylic acids is 2. The van der Waals surface area contributed by atoms with Gasteiger partial charge in [0.05, 0.1) is 23.9 Å². The van der Waals surface area contributed by atoms with E-state index in [1.165, 1.54) is 11.8 Å². The first-order valence-corrected chi connectivity index (χ1v) is 11.5. The van der Waals surface area contributed by atoms with Crippen LogP contribution in [-0.4, -0.2) is 61.4 Å². The summed E-state index contributed by atoms with van der Waals surface area (Å²) in [6, 6.07) is 11.3. The summed E-state index contributed by atoms with van der Waals surface area (Å²) in [5.41, 5.74) is 1.75. The molecule has 3 heterocycles. The quantitative estimate of drug-likeness (QED) is 0.306. The highest BCUT2D eigenvalue weighted by Gasteiger charge is 2.32. The normalized spacial score (nSPS) is 16.0. The highest BCUT2D eigenvalue weighted by molar-refractivity contribution is 7.98. The average molecular weight is 453 g/mol. The number of para-hydroxylation sites is 1. The lowest BCUT2D eigenvalue weighted by Gasteiger charge is -2.31. The SMILES string of the molecule is CCOC(=O)C1CCCN(C(=O)c2nnn(-c3ccccc3)c2CSc2ncccn2)C1. The first kappa shape index (κ1) is 21.9. The van der Waals surface area contributed by atoms with Gasteiger partial charge in [-0.25, -0.2) is 14.6 Å². The molecule has 2 aromatic heterocycles. The van der Waals surface area contributed by atoms with Crippen LogP contribution in [0, 0.1) is 5.92 Å². The molecule has 3 aromatic rings. The molecule has 9 nitrogen and oxygen atoms in total. The number of piperidine rings is 1. The molecule has 0 bridgehead atoms. The van der Waals surface area contributed by atoms with Crippen molar-refractivity contribution in [3.8, 4) is 5.69 Å². The Bertz CT molecular complexity index is 1060. The molecule has 0 aliphatic carbocycles. The second-order valence-electron chi connectivity index (χ2n) is 7.29. The van der Waals surface area contributed by atoms with Crippen LogP contribution >= 0.6 is 11.8 Å². The number of ether oxygens (including phenoxy) is 1. The second kappa shape index (κ2) is 10.4. The molecule has 1 fully saturated rings. The number of esters is 1. The fraction of sp³-hybridized carbons (Fsp3) is 0.364. The van der Waals surface area contributed by atoms with Crippen LogP contribution in [0.1, 0.15) is 35.9 Å². The summed E-state index contributed by atoms with van der Waals surface area (Å²) < 4.78 is 6.84. The molecule has 1 aromatic carbocycles. The van der Waals surface area contributed by atoms with E-state index in [1.807, 2.05) is 30.3 Å². The van der Waals surface area contributed by atoms with Gasteiger partial charge in [0.25, 0.3) is 5.91 Å². The Morgan fingerprint density at radius 2 is 1.94 bits per heavy atom. The number of thioether (sulfide) groups is 1. The Morgan fingerprint density at radius 1 is 1.16 bits per heavy atom. The minimum Gasteiger partial charge on any atom is -0.466 e. The number of amides is 1. The summed E-state index contributed by atoms with van der Waals surface area (Å²) in [5, 5.41) is 9.11. The molecule has 1 saturated heterocycles. The van der Waals surface area contributed by atoms with Crippen LogP contribution < -0.4 is 0 Å². The van der Waals surface area contributed by atoms with E-state index in [2.05, 4.69) is 20.3 Å².